The molecule has 0 fully saturated rings. The third-order valence-corrected chi connectivity index (χ3v) is 4.61. The maximum absolute atomic E-state index is 10.5. The van der Waals surface area contributed by atoms with E-state index in [-0.39, 0.29) is 0 Å². The van der Waals surface area contributed by atoms with Crippen molar-refractivity contribution in [3.63, 3.8) is 0 Å². The summed E-state index contributed by atoms with van der Waals surface area (Å²) < 4.78 is 0. The highest BCUT2D eigenvalue weighted by Crippen LogP contribution is 2.25. The Kier molecular flexibility index (Phi) is 7.45. The van der Waals surface area contributed by atoms with Crippen LogP contribution in [-0.2, 0) is 0 Å². The smallest absolute Gasteiger partial charge is 0.0802 e. The molecular weight excluding hydrogens is 256 g/mol. The van der Waals surface area contributed by atoms with E-state index in [9.17, 15) is 5.11 Å². The van der Waals surface area contributed by atoms with Gasteiger partial charge in [0.15, 0.2) is 0 Å². The fraction of sp³-hybridized carbons (Fsp3) is 0.700. The zero-order valence-corrected chi connectivity index (χ0v) is 14.7. The van der Waals surface area contributed by atoms with Crippen LogP contribution in [0.5, 0.6) is 0 Å². The monoisotopic (exact) mass is 290 g/mol. The maximum Gasteiger partial charge on any atom is 0.0802 e. The molecular formula is C20H34O. The van der Waals surface area contributed by atoms with Crippen LogP contribution in [-0.4, -0.2) is 10.7 Å². The summed E-state index contributed by atoms with van der Waals surface area (Å²) in [6.07, 6.45) is 15.4. The Balaban J connectivity index is 2.87. The van der Waals surface area contributed by atoms with Crippen molar-refractivity contribution >= 4 is 0 Å². The first kappa shape index (κ1) is 18.2. The van der Waals surface area contributed by atoms with Crippen molar-refractivity contribution in [2.75, 3.05) is 0 Å². The molecule has 1 N–H and O–H groups in total. The van der Waals surface area contributed by atoms with Gasteiger partial charge < -0.3 is 5.11 Å². The lowest BCUT2D eigenvalue weighted by Gasteiger charge is -2.22. The Bertz CT molecular complexity index is 396. The average Bonchev–Trinajstić information content (AvgIpc) is 2.37. The summed E-state index contributed by atoms with van der Waals surface area (Å²) in [5.41, 5.74) is 2.26. The summed E-state index contributed by atoms with van der Waals surface area (Å²) in [5.74, 6) is 1.18. The second-order valence-corrected chi connectivity index (χ2v) is 7.34. The number of rotatable bonds is 1. The largest absolute Gasteiger partial charge is 0.386 e. The Hall–Kier alpha value is -0.820. The zero-order valence-electron chi connectivity index (χ0n) is 14.7. The predicted molar refractivity (Wildman–Crippen MR) is 93.3 cm³/mol. The van der Waals surface area contributed by atoms with Gasteiger partial charge in [0.2, 0.25) is 0 Å². The lowest BCUT2D eigenvalue weighted by molar-refractivity contribution is 0.102. The second kappa shape index (κ2) is 8.58. The SMILES string of the molecule is C/C1=C\CC[C@](C)(O)/C=C\[C@H](C(C)C)CC/C(C)=C/CC1. The van der Waals surface area contributed by atoms with Gasteiger partial charge in [-0.1, -0.05) is 49.3 Å². The highest BCUT2D eigenvalue weighted by molar-refractivity contribution is 5.08. The van der Waals surface area contributed by atoms with Crippen LogP contribution in [0.3, 0.4) is 0 Å². The highest BCUT2D eigenvalue weighted by Gasteiger charge is 2.17. The molecule has 1 heteroatoms. The lowest BCUT2D eigenvalue weighted by Crippen LogP contribution is -2.21. The summed E-state index contributed by atoms with van der Waals surface area (Å²) >= 11 is 0. The molecule has 1 nitrogen and oxygen atoms in total. The highest BCUT2D eigenvalue weighted by atomic mass is 16.3. The van der Waals surface area contributed by atoms with E-state index in [0.717, 1.165) is 32.1 Å². The van der Waals surface area contributed by atoms with Crippen LogP contribution in [0.2, 0.25) is 0 Å². The Morgan fingerprint density at radius 3 is 2.38 bits per heavy atom. The van der Waals surface area contributed by atoms with E-state index in [0.29, 0.717) is 11.8 Å². The van der Waals surface area contributed by atoms with Gasteiger partial charge in [-0.05, 0) is 71.1 Å². The fourth-order valence-electron chi connectivity index (χ4n) is 2.82. The van der Waals surface area contributed by atoms with Crippen molar-refractivity contribution in [3.8, 4) is 0 Å². The van der Waals surface area contributed by atoms with Gasteiger partial charge in [0.1, 0.15) is 0 Å². The van der Waals surface area contributed by atoms with Crippen LogP contribution in [0.15, 0.2) is 35.5 Å². The summed E-state index contributed by atoms with van der Waals surface area (Å²) in [6.45, 7) is 10.9. The molecule has 0 saturated carbocycles. The van der Waals surface area contributed by atoms with Gasteiger partial charge in [0.05, 0.1) is 5.60 Å². The summed E-state index contributed by atoms with van der Waals surface area (Å²) in [4.78, 5) is 0. The van der Waals surface area contributed by atoms with Gasteiger partial charge in [0, 0.05) is 0 Å². The molecule has 0 spiro atoms. The zero-order chi connectivity index (χ0) is 15.9. The maximum atomic E-state index is 10.5. The Morgan fingerprint density at radius 2 is 1.71 bits per heavy atom. The molecule has 1 rings (SSSR count). The normalized spacial score (nSPS) is 36.2. The van der Waals surface area contributed by atoms with E-state index in [1.165, 1.54) is 17.6 Å². The first-order valence-corrected chi connectivity index (χ1v) is 8.53. The Labute approximate surface area is 131 Å². The minimum absolute atomic E-state index is 0.556. The van der Waals surface area contributed by atoms with E-state index in [4.69, 9.17) is 0 Å². The van der Waals surface area contributed by atoms with Gasteiger partial charge in [-0.25, -0.2) is 0 Å². The fourth-order valence-corrected chi connectivity index (χ4v) is 2.82. The molecule has 0 aromatic heterocycles. The summed E-state index contributed by atoms with van der Waals surface area (Å²) in [5, 5.41) is 10.5. The topological polar surface area (TPSA) is 20.2 Å². The Morgan fingerprint density at radius 1 is 1.10 bits per heavy atom. The predicted octanol–water partition coefficient (Wildman–Crippen LogP) is 5.81. The molecule has 1 aliphatic carbocycles. The van der Waals surface area contributed by atoms with E-state index in [2.05, 4.69) is 45.9 Å². The molecule has 0 saturated heterocycles. The molecule has 0 aliphatic heterocycles. The molecule has 1 aliphatic rings. The number of aliphatic hydroxyl groups is 1. The molecule has 21 heavy (non-hydrogen) atoms. The van der Waals surface area contributed by atoms with E-state index < -0.39 is 5.60 Å². The molecule has 0 aromatic carbocycles. The first-order valence-electron chi connectivity index (χ1n) is 8.53. The van der Waals surface area contributed by atoms with Crippen molar-refractivity contribution in [1.29, 1.82) is 0 Å². The van der Waals surface area contributed by atoms with Gasteiger partial charge in [-0.2, -0.15) is 0 Å². The minimum atomic E-state index is -0.682. The summed E-state index contributed by atoms with van der Waals surface area (Å²) in [7, 11) is 0. The van der Waals surface area contributed by atoms with Gasteiger partial charge >= 0.3 is 0 Å². The van der Waals surface area contributed by atoms with Crippen molar-refractivity contribution in [2.24, 2.45) is 11.8 Å². The third kappa shape index (κ3) is 7.66. The van der Waals surface area contributed by atoms with Gasteiger partial charge in [-0.3, -0.25) is 0 Å². The van der Waals surface area contributed by atoms with Crippen LogP contribution < -0.4 is 0 Å². The first-order chi connectivity index (χ1) is 9.80. The van der Waals surface area contributed by atoms with Crippen molar-refractivity contribution in [1.82, 2.24) is 0 Å². The van der Waals surface area contributed by atoms with E-state index in [1.807, 2.05) is 13.0 Å². The molecule has 0 aromatic rings. The number of allylic oxidation sites excluding steroid dienone is 5. The average molecular weight is 290 g/mol. The van der Waals surface area contributed by atoms with Crippen LogP contribution in [0.1, 0.15) is 73.1 Å². The van der Waals surface area contributed by atoms with Crippen molar-refractivity contribution < 1.29 is 5.11 Å². The lowest BCUT2D eigenvalue weighted by atomic mass is 9.87. The second-order valence-electron chi connectivity index (χ2n) is 7.34. The third-order valence-electron chi connectivity index (χ3n) is 4.61. The number of hydrogen-bond acceptors (Lipinski definition) is 1. The van der Waals surface area contributed by atoms with Gasteiger partial charge in [0.25, 0.3) is 0 Å². The molecule has 2 atom stereocenters. The quantitative estimate of drug-likeness (QED) is 0.604. The van der Waals surface area contributed by atoms with Crippen molar-refractivity contribution in [2.45, 2.75) is 78.7 Å². The standard InChI is InChI=1S/C20H34O/c1-16(2)19-12-11-18(4)9-6-8-17(3)10-7-14-20(5,21)15-13-19/h9-10,13,15-16,19,21H,6-8,11-12,14H2,1-5H3/b15-13-,17-10+,18-9+/t19-,20+/m1/s1. The molecule has 0 unspecified atom stereocenters. The van der Waals surface area contributed by atoms with E-state index in [1.54, 1.807) is 0 Å². The molecule has 0 bridgehead atoms. The van der Waals surface area contributed by atoms with Crippen LogP contribution in [0.25, 0.3) is 0 Å². The van der Waals surface area contributed by atoms with Crippen LogP contribution in [0, 0.1) is 11.8 Å². The summed E-state index contributed by atoms with van der Waals surface area (Å²) in [6, 6.07) is 0. The molecule has 0 amide bonds. The van der Waals surface area contributed by atoms with Crippen molar-refractivity contribution in [3.05, 3.63) is 35.5 Å². The van der Waals surface area contributed by atoms with Crippen LogP contribution >= 0.6 is 0 Å². The molecule has 0 radical (unpaired) electrons. The van der Waals surface area contributed by atoms with Crippen LogP contribution in [0.4, 0.5) is 0 Å². The van der Waals surface area contributed by atoms with Gasteiger partial charge in [-0.15, -0.1) is 0 Å². The molecule has 0 heterocycles. The molecule has 120 valence electrons. The minimum Gasteiger partial charge on any atom is -0.386 e. The number of hydrogen-bond donors (Lipinski definition) is 1. The van der Waals surface area contributed by atoms with E-state index >= 15 is 0 Å².